The maximum atomic E-state index is 13.8. The van der Waals surface area contributed by atoms with Crippen molar-refractivity contribution in [3.8, 4) is 34.0 Å². The SMILES string of the molecule is COc1ccc(-c2cc(C(F)(F)F)n3nc(C(=O)N4CCCC(CF)C4)cc3n2)cc1.COc1ccc(-c2cc(C(F)(F)F)n3nc(C(=O)N4CCCC(CO)C4)cc3n2)cc1. The van der Waals surface area contributed by atoms with Gasteiger partial charge in [-0.1, -0.05) is 0 Å². The second kappa shape index (κ2) is 18.0. The maximum absolute atomic E-state index is 13.8. The second-order valence-electron chi connectivity index (χ2n) is 15.0. The molecular weight excluding hydrogens is 829 g/mol. The summed E-state index contributed by atoms with van der Waals surface area (Å²) in [5.41, 5.74) is -1.33. The highest BCUT2D eigenvalue weighted by Crippen LogP contribution is 2.35. The molecule has 4 aromatic heterocycles. The molecule has 8 rings (SSSR count). The number of amides is 2. The Kier molecular flexibility index (Phi) is 12.7. The van der Waals surface area contributed by atoms with Crippen molar-refractivity contribution < 1.29 is 54.9 Å². The Balaban J connectivity index is 0.000000186. The molecule has 0 radical (unpaired) electrons. The zero-order chi connectivity index (χ0) is 44.3. The van der Waals surface area contributed by atoms with Crippen LogP contribution in [0.2, 0.25) is 0 Å². The van der Waals surface area contributed by atoms with Crippen molar-refractivity contribution in [3.63, 3.8) is 0 Å². The molecule has 2 fully saturated rings. The molecule has 2 atom stereocenters. The highest BCUT2D eigenvalue weighted by Gasteiger charge is 2.38. The first-order valence-electron chi connectivity index (χ1n) is 19.6. The molecule has 13 nitrogen and oxygen atoms in total. The summed E-state index contributed by atoms with van der Waals surface area (Å²) < 4.78 is 107. The molecule has 2 saturated heterocycles. The van der Waals surface area contributed by atoms with E-state index < -0.39 is 42.2 Å². The predicted octanol–water partition coefficient (Wildman–Crippen LogP) is 7.51. The predicted molar refractivity (Wildman–Crippen MR) is 210 cm³/mol. The Hall–Kier alpha value is -6.31. The molecular formula is C42H41F7N8O5. The lowest BCUT2D eigenvalue weighted by Crippen LogP contribution is -2.41. The lowest BCUT2D eigenvalue weighted by atomic mass is 9.99. The summed E-state index contributed by atoms with van der Waals surface area (Å²) in [5, 5.41) is 17.2. The number of piperidine rings is 2. The van der Waals surface area contributed by atoms with E-state index in [9.17, 15) is 45.4 Å². The van der Waals surface area contributed by atoms with E-state index in [-0.39, 0.29) is 59.1 Å². The van der Waals surface area contributed by atoms with Crippen LogP contribution in [0, 0.1) is 11.8 Å². The normalized spacial score (nSPS) is 17.2. The monoisotopic (exact) mass is 870 g/mol. The van der Waals surface area contributed by atoms with Crippen LogP contribution < -0.4 is 9.47 Å². The summed E-state index contributed by atoms with van der Waals surface area (Å²) in [6.45, 7) is 0.874. The number of fused-ring (bicyclic) bond motifs is 2. The Morgan fingerprint density at radius 1 is 0.661 bits per heavy atom. The fourth-order valence-corrected chi connectivity index (χ4v) is 7.48. The summed E-state index contributed by atoms with van der Waals surface area (Å²) in [6.07, 6.45) is -6.56. The fourth-order valence-electron chi connectivity index (χ4n) is 7.48. The van der Waals surface area contributed by atoms with Crippen LogP contribution in [0.4, 0.5) is 30.7 Å². The quantitative estimate of drug-likeness (QED) is 0.154. The molecule has 0 spiro atoms. The van der Waals surface area contributed by atoms with E-state index in [2.05, 4.69) is 20.2 Å². The highest BCUT2D eigenvalue weighted by molar-refractivity contribution is 5.94. The van der Waals surface area contributed by atoms with Crippen molar-refractivity contribution in [2.24, 2.45) is 11.8 Å². The molecule has 0 bridgehead atoms. The minimum atomic E-state index is -4.71. The van der Waals surface area contributed by atoms with Crippen LogP contribution >= 0.6 is 0 Å². The molecule has 2 aliphatic rings. The van der Waals surface area contributed by atoms with E-state index in [0.29, 0.717) is 64.1 Å². The summed E-state index contributed by atoms with van der Waals surface area (Å²) in [4.78, 5) is 37.2. The van der Waals surface area contributed by atoms with Gasteiger partial charge in [0.1, 0.15) is 11.5 Å². The third-order valence-electron chi connectivity index (χ3n) is 10.7. The molecule has 0 aliphatic carbocycles. The molecule has 6 aromatic rings. The number of aromatic nitrogens is 6. The van der Waals surface area contributed by atoms with Crippen LogP contribution in [-0.4, -0.2) is 110 Å². The summed E-state index contributed by atoms with van der Waals surface area (Å²) in [6, 6.07) is 17.3. The van der Waals surface area contributed by atoms with E-state index in [4.69, 9.17) is 9.47 Å². The molecule has 2 aliphatic heterocycles. The van der Waals surface area contributed by atoms with Crippen LogP contribution in [0.3, 0.4) is 0 Å². The van der Waals surface area contributed by atoms with E-state index in [1.807, 2.05) is 0 Å². The van der Waals surface area contributed by atoms with Gasteiger partial charge in [0.25, 0.3) is 11.8 Å². The molecule has 20 heteroatoms. The van der Waals surface area contributed by atoms with Crippen LogP contribution in [0.15, 0.2) is 72.8 Å². The van der Waals surface area contributed by atoms with Gasteiger partial charge < -0.3 is 24.4 Å². The van der Waals surface area contributed by atoms with Gasteiger partial charge in [0.2, 0.25) is 0 Å². The minimum absolute atomic E-state index is 0.0414. The van der Waals surface area contributed by atoms with Crippen molar-refractivity contribution in [2.45, 2.75) is 38.0 Å². The van der Waals surface area contributed by atoms with E-state index in [1.165, 1.54) is 36.2 Å². The number of methoxy groups -OCH3 is 2. The molecule has 1 N–H and O–H groups in total. The number of alkyl halides is 7. The lowest BCUT2D eigenvalue weighted by molar-refractivity contribution is -0.143. The third-order valence-corrected chi connectivity index (χ3v) is 10.7. The molecule has 0 saturated carbocycles. The van der Waals surface area contributed by atoms with E-state index in [1.54, 1.807) is 48.5 Å². The first kappa shape index (κ1) is 43.8. The number of carbonyl (C=O) groups excluding carboxylic acids is 2. The molecule has 328 valence electrons. The number of hydrogen-bond donors (Lipinski definition) is 1. The number of aliphatic hydroxyl groups is 1. The smallest absolute Gasteiger partial charge is 0.433 e. The number of halogens is 7. The Bertz CT molecular complexity index is 2370. The van der Waals surface area contributed by atoms with E-state index in [0.717, 1.165) is 25.0 Å². The van der Waals surface area contributed by atoms with Crippen LogP contribution in [0.5, 0.6) is 11.5 Å². The lowest BCUT2D eigenvalue weighted by Gasteiger charge is -2.31. The van der Waals surface area contributed by atoms with Crippen molar-refractivity contribution in [3.05, 3.63) is 95.6 Å². The third kappa shape index (κ3) is 9.44. The molecule has 6 heterocycles. The number of aliphatic hydroxyl groups excluding tert-OH is 1. The number of nitrogens with zero attached hydrogens (tertiary/aromatic N) is 8. The van der Waals surface area contributed by atoms with Gasteiger partial charge >= 0.3 is 12.4 Å². The van der Waals surface area contributed by atoms with Crippen LogP contribution in [0.25, 0.3) is 33.8 Å². The Morgan fingerprint density at radius 2 is 1.06 bits per heavy atom. The highest BCUT2D eigenvalue weighted by atomic mass is 19.4. The summed E-state index contributed by atoms with van der Waals surface area (Å²) in [7, 11) is 2.99. The molecule has 62 heavy (non-hydrogen) atoms. The van der Waals surface area contributed by atoms with Gasteiger partial charge in [-0.25, -0.2) is 19.0 Å². The number of likely N-dealkylation sites (tertiary alicyclic amines) is 2. The molecule has 2 unspecified atom stereocenters. The zero-order valence-electron chi connectivity index (χ0n) is 33.5. The van der Waals surface area contributed by atoms with Gasteiger partial charge in [0, 0.05) is 62.0 Å². The molecule has 2 amide bonds. The Morgan fingerprint density at radius 3 is 1.44 bits per heavy atom. The van der Waals surface area contributed by atoms with E-state index >= 15 is 0 Å². The van der Waals surface area contributed by atoms with Gasteiger partial charge in [0.15, 0.2) is 34.1 Å². The largest absolute Gasteiger partial charge is 0.497 e. The summed E-state index contributed by atoms with van der Waals surface area (Å²) >= 11 is 0. The summed E-state index contributed by atoms with van der Waals surface area (Å²) in [5.74, 6) is -0.168. The molecule has 2 aromatic carbocycles. The number of benzene rings is 2. The number of hydrogen-bond acceptors (Lipinski definition) is 9. The fraction of sp³-hybridized carbons (Fsp3) is 0.381. The topological polar surface area (TPSA) is 140 Å². The van der Waals surface area contributed by atoms with Gasteiger partial charge in [-0.05, 0) is 92.3 Å². The first-order chi connectivity index (χ1) is 29.6. The maximum Gasteiger partial charge on any atom is 0.433 e. The van der Waals surface area contributed by atoms with Crippen molar-refractivity contribution in [2.75, 3.05) is 53.7 Å². The van der Waals surface area contributed by atoms with Crippen molar-refractivity contribution in [1.82, 2.24) is 39.0 Å². The van der Waals surface area contributed by atoms with Gasteiger partial charge in [-0.3, -0.25) is 14.0 Å². The average molecular weight is 871 g/mol. The minimum Gasteiger partial charge on any atom is -0.497 e. The zero-order valence-corrected chi connectivity index (χ0v) is 33.5. The van der Waals surface area contributed by atoms with Gasteiger partial charge in [-0.15, -0.1) is 0 Å². The second-order valence-corrected chi connectivity index (χ2v) is 15.0. The Labute approximate surface area is 349 Å². The van der Waals surface area contributed by atoms with Crippen molar-refractivity contribution >= 4 is 23.1 Å². The van der Waals surface area contributed by atoms with Gasteiger partial charge in [-0.2, -0.15) is 36.5 Å². The standard InChI is InChI=1S/C21H20F4N4O2.C21H21F3N4O3/c1-31-15-6-4-14(5-7-15)16-9-18(21(23,24)25)29-19(26-16)10-17(27-29)20(30)28-8-2-3-13(11-22)12-28;1-31-15-6-4-14(5-7-15)16-9-18(21(22,23)24)28-19(25-16)10-17(26-28)20(30)27-8-2-3-13(11-27)12-29/h4-7,9-10,13H,2-3,8,11-12H2,1H3;4-7,9-10,13,29H,2-3,8,11-12H2,1H3. The van der Waals surface area contributed by atoms with Gasteiger partial charge in [0.05, 0.1) is 32.3 Å². The average Bonchev–Trinajstić information content (AvgIpc) is 3.92. The van der Waals surface area contributed by atoms with Crippen molar-refractivity contribution in [1.29, 1.82) is 0 Å². The first-order valence-corrected chi connectivity index (χ1v) is 19.6. The number of carbonyl (C=O) groups is 2. The number of rotatable bonds is 8. The van der Waals surface area contributed by atoms with Crippen LogP contribution in [0.1, 0.15) is 58.0 Å². The van der Waals surface area contributed by atoms with Crippen LogP contribution in [-0.2, 0) is 12.4 Å². The number of ether oxygens (including phenoxy) is 2.